The molecule has 1 atom stereocenters. The van der Waals surface area contributed by atoms with Crippen LogP contribution in [0.3, 0.4) is 0 Å². The Bertz CT molecular complexity index is 289. The first kappa shape index (κ1) is 14.6. The summed E-state index contributed by atoms with van der Waals surface area (Å²) in [4.78, 5) is 9.63. The van der Waals surface area contributed by atoms with Crippen molar-refractivity contribution >= 4 is 5.96 Å². The Balaban J connectivity index is 1.80. The zero-order chi connectivity index (χ0) is 13.5. The fourth-order valence-electron chi connectivity index (χ4n) is 2.73. The minimum absolute atomic E-state index is 0.526. The fraction of sp³-hybridized carbons (Fsp3) is 0.929. The molecule has 0 amide bonds. The number of hydrogen-bond donors (Lipinski definition) is 1. The van der Waals surface area contributed by atoms with E-state index in [0.29, 0.717) is 6.04 Å². The Morgan fingerprint density at radius 2 is 2.11 bits per heavy atom. The van der Waals surface area contributed by atoms with Crippen molar-refractivity contribution in [2.24, 2.45) is 4.99 Å². The minimum atomic E-state index is 0.526. The van der Waals surface area contributed by atoms with E-state index < -0.39 is 0 Å². The number of ether oxygens (including phenoxy) is 1. The number of guanidine groups is 1. The zero-order valence-corrected chi connectivity index (χ0v) is 12.4. The zero-order valence-electron chi connectivity index (χ0n) is 12.4. The molecule has 110 valence electrons. The highest BCUT2D eigenvalue weighted by atomic mass is 16.5. The van der Waals surface area contributed by atoms with E-state index in [1.165, 1.54) is 12.8 Å². The van der Waals surface area contributed by atoms with Crippen LogP contribution in [-0.4, -0.2) is 74.3 Å². The second kappa shape index (κ2) is 7.70. The molecule has 2 saturated heterocycles. The van der Waals surface area contributed by atoms with Gasteiger partial charge in [0.05, 0.1) is 19.8 Å². The first-order chi connectivity index (χ1) is 9.31. The first-order valence-electron chi connectivity index (χ1n) is 7.66. The Labute approximate surface area is 117 Å². The highest BCUT2D eigenvalue weighted by molar-refractivity contribution is 5.80. The predicted octanol–water partition coefficient (Wildman–Crippen LogP) is 0.768. The molecular formula is C14H28N4O. The SMILES string of the molecule is CCNC(=NCCN1CCOCC1C)N1CCCC1. The van der Waals surface area contributed by atoms with Crippen molar-refractivity contribution in [3.63, 3.8) is 0 Å². The summed E-state index contributed by atoms with van der Waals surface area (Å²) in [6, 6.07) is 0.526. The molecule has 0 spiro atoms. The highest BCUT2D eigenvalue weighted by Gasteiger charge is 2.19. The maximum absolute atomic E-state index is 5.46. The van der Waals surface area contributed by atoms with Crippen LogP contribution in [0, 0.1) is 0 Å². The molecule has 0 aromatic heterocycles. The van der Waals surface area contributed by atoms with E-state index in [1.807, 2.05) is 0 Å². The average Bonchev–Trinajstić information content (AvgIpc) is 2.94. The number of nitrogens with zero attached hydrogens (tertiary/aromatic N) is 3. The fourth-order valence-corrected chi connectivity index (χ4v) is 2.73. The van der Waals surface area contributed by atoms with E-state index in [1.54, 1.807) is 0 Å². The summed E-state index contributed by atoms with van der Waals surface area (Å²) in [5.41, 5.74) is 0. The lowest BCUT2D eigenvalue weighted by Crippen LogP contribution is -2.45. The van der Waals surface area contributed by atoms with Gasteiger partial charge in [-0.05, 0) is 26.7 Å². The summed E-state index contributed by atoms with van der Waals surface area (Å²) < 4.78 is 5.46. The van der Waals surface area contributed by atoms with Gasteiger partial charge in [0.1, 0.15) is 0 Å². The van der Waals surface area contributed by atoms with Crippen molar-refractivity contribution in [3.8, 4) is 0 Å². The van der Waals surface area contributed by atoms with Gasteiger partial charge in [-0.15, -0.1) is 0 Å². The minimum Gasteiger partial charge on any atom is -0.379 e. The molecule has 2 heterocycles. The van der Waals surface area contributed by atoms with Gasteiger partial charge < -0.3 is 15.0 Å². The van der Waals surface area contributed by atoms with E-state index >= 15 is 0 Å². The number of nitrogens with one attached hydrogen (secondary N) is 1. The second-order valence-electron chi connectivity index (χ2n) is 5.39. The molecule has 2 aliphatic rings. The van der Waals surface area contributed by atoms with Gasteiger partial charge in [-0.25, -0.2) is 0 Å². The van der Waals surface area contributed by atoms with Crippen LogP contribution in [0.4, 0.5) is 0 Å². The second-order valence-corrected chi connectivity index (χ2v) is 5.39. The van der Waals surface area contributed by atoms with Crippen LogP contribution in [0.1, 0.15) is 26.7 Å². The van der Waals surface area contributed by atoms with Crippen molar-refractivity contribution in [2.75, 3.05) is 52.5 Å². The highest BCUT2D eigenvalue weighted by Crippen LogP contribution is 2.08. The van der Waals surface area contributed by atoms with Gasteiger partial charge in [0.2, 0.25) is 0 Å². The van der Waals surface area contributed by atoms with Crippen LogP contribution < -0.4 is 5.32 Å². The number of aliphatic imine (C=N–C) groups is 1. The maximum atomic E-state index is 5.46. The van der Waals surface area contributed by atoms with Crippen molar-refractivity contribution in [1.82, 2.24) is 15.1 Å². The van der Waals surface area contributed by atoms with Gasteiger partial charge in [0.15, 0.2) is 5.96 Å². The van der Waals surface area contributed by atoms with Gasteiger partial charge in [-0.3, -0.25) is 9.89 Å². The molecule has 5 nitrogen and oxygen atoms in total. The number of likely N-dealkylation sites (tertiary alicyclic amines) is 1. The van der Waals surface area contributed by atoms with Gasteiger partial charge in [0.25, 0.3) is 0 Å². The molecule has 1 N–H and O–H groups in total. The predicted molar refractivity (Wildman–Crippen MR) is 78.6 cm³/mol. The third-order valence-corrected chi connectivity index (χ3v) is 3.89. The third kappa shape index (κ3) is 4.35. The average molecular weight is 268 g/mol. The topological polar surface area (TPSA) is 40.1 Å². The smallest absolute Gasteiger partial charge is 0.193 e. The van der Waals surface area contributed by atoms with Crippen LogP contribution >= 0.6 is 0 Å². The molecule has 0 aromatic carbocycles. The lowest BCUT2D eigenvalue weighted by Gasteiger charge is -2.32. The molecule has 0 saturated carbocycles. The van der Waals surface area contributed by atoms with Crippen LogP contribution in [-0.2, 0) is 4.74 Å². The van der Waals surface area contributed by atoms with Crippen LogP contribution in [0.2, 0.25) is 0 Å². The lowest BCUT2D eigenvalue weighted by atomic mass is 10.2. The summed E-state index contributed by atoms with van der Waals surface area (Å²) in [7, 11) is 0. The van der Waals surface area contributed by atoms with Crippen LogP contribution in [0.25, 0.3) is 0 Å². The quantitative estimate of drug-likeness (QED) is 0.604. The van der Waals surface area contributed by atoms with Crippen molar-refractivity contribution in [3.05, 3.63) is 0 Å². The molecule has 0 radical (unpaired) electrons. The van der Waals surface area contributed by atoms with Gasteiger partial charge in [-0.1, -0.05) is 0 Å². The van der Waals surface area contributed by atoms with E-state index in [2.05, 4.69) is 29.0 Å². The molecule has 5 heteroatoms. The molecule has 0 bridgehead atoms. The Morgan fingerprint density at radius 3 is 2.79 bits per heavy atom. The van der Waals surface area contributed by atoms with Gasteiger partial charge >= 0.3 is 0 Å². The largest absolute Gasteiger partial charge is 0.379 e. The monoisotopic (exact) mass is 268 g/mol. The molecule has 2 rings (SSSR count). The van der Waals surface area contributed by atoms with E-state index in [-0.39, 0.29) is 0 Å². The summed E-state index contributed by atoms with van der Waals surface area (Å²) in [5, 5.41) is 3.41. The molecule has 0 aliphatic carbocycles. The Morgan fingerprint density at radius 1 is 1.32 bits per heavy atom. The van der Waals surface area contributed by atoms with E-state index in [9.17, 15) is 0 Å². The van der Waals surface area contributed by atoms with Crippen molar-refractivity contribution < 1.29 is 4.74 Å². The molecule has 19 heavy (non-hydrogen) atoms. The molecule has 1 unspecified atom stereocenters. The number of rotatable bonds is 4. The van der Waals surface area contributed by atoms with Crippen LogP contribution in [0.15, 0.2) is 4.99 Å². The molecule has 2 aliphatic heterocycles. The van der Waals surface area contributed by atoms with Crippen molar-refractivity contribution in [1.29, 1.82) is 0 Å². The van der Waals surface area contributed by atoms with Gasteiger partial charge in [0, 0.05) is 38.8 Å². The van der Waals surface area contributed by atoms with E-state index in [0.717, 1.165) is 58.4 Å². The van der Waals surface area contributed by atoms with E-state index in [4.69, 9.17) is 9.73 Å². The maximum Gasteiger partial charge on any atom is 0.193 e. The summed E-state index contributed by atoms with van der Waals surface area (Å²) in [6.07, 6.45) is 2.59. The molecular weight excluding hydrogens is 240 g/mol. The Kier molecular flexibility index (Phi) is 5.92. The standard InChI is InChI=1S/C14H28N4O/c1-3-15-14(18-7-4-5-8-18)16-6-9-17-10-11-19-12-13(17)2/h13H,3-12H2,1-2H3,(H,15,16). The lowest BCUT2D eigenvalue weighted by molar-refractivity contribution is 0.00139. The number of hydrogen-bond acceptors (Lipinski definition) is 3. The Hall–Kier alpha value is -0.810. The van der Waals surface area contributed by atoms with Crippen molar-refractivity contribution in [2.45, 2.75) is 32.7 Å². The summed E-state index contributed by atoms with van der Waals surface area (Å²) in [5.74, 6) is 1.10. The number of morpholine rings is 1. The molecule has 2 fully saturated rings. The third-order valence-electron chi connectivity index (χ3n) is 3.89. The normalized spacial score (nSPS) is 25.9. The molecule has 0 aromatic rings. The van der Waals surface area contributed by atoms with Gasteiger partial charge in [-0.2, -0.15) is 0 Å². The summed E-state index contributed by atoms with van der Waals surface area (Å²) in [6.45, 7) is 12.3. The first-order valence-corrected chi connectivity index (χ1v) is 7.66. The summed E-state index contributed by atoms with van der Waals surface area (Å²) >= 11 is 0. The van der Waals surface area contributed by atoms with Crippen LogP contribution in [0.5, 0.6) is 0 Å².